The van der Waals surface area contributed by atoms with Gasteiger partial charge in [-0.3, -0.25) is 0 Å². The third kappa shape index (κ3) is 3.15. The lowest BCUT2D eigenvalue weighted by Crippen LogP contribution is -2.02. The molecular weight excluding hydrogens is 492 g/mol. The van der Waals surface area contributed by atoms with Gasteiger partial charge >= 0.3 is 0 Å². The second-order valence-electron chi connectivity index (χ2n) is 10.4. The molecule has 5 atom stereocenters. The van der Waals surface area contributed by atoms with Crippen molar-refractivity contribution in [2.24, 2.45) is 0 Å². The van der Waals surface area contributed by atoms with Crippen LogP contribution < -0.4 is 0 Å². The Balaban J connectivity index is 1.47. The molecule has 4 fully saturated rings. The van der Waals surface area contributed by atoms with E-state index in [1.807, 2.05) is 25.1 Å². The molecular formula is C31H18N4O4. The van der Waals surface area contributed by atoms with Gasteiger partial charge in [-0.2, -0.15) is 0 Å². The summed E-state index contributed by atoms with van der Waals surface area (Å²) in [5.41, 5.74) is 9.56. The largest absolute Gasteiger partial charge is 0.368 e. The molecule has 6 aliphatic rings. The lowest BCUT2D eigenvalue weighted by molar-refractivity contribution is 0.378. The highest BCUT2D eigenvalue weighted by Gasteiger charge is 2.46. The molecule has 39 heavy (non-hydrogen) atoms. The first-order chi connectivity index (χ1) is 19.1. The highest BCUT2D eigenvalue weighted by atomic mass is 16.6. The molecule has 8 heteroatoms. The Hall–Kier alpha value is -4.54. The molecule has 2 aliphatic carbocycles. The van der Waals surface area contributed by atoms with Gasteiger partial charge in [-0.1, -0.05) is 0 Å². The van der Waals surface area contributed by atoms with E-state index in [1.54, 1.807) is 0 Å². The summed E-state index contributed by atoms with van der Waals surface area (Å²) in [7, 11) is 0. The van der Waals surface area contributed by atoms with Gasteiger partial charge in [-0.15, -0.1) is 0 Å². The Bertz CT molecular complexity index is 1790. The summed E-state index contributed by atoms with van der Waals surface area (Å²) >= 11 is 0. The molecule has 4 heterocycles. The molecule has 0 aromatic heterocycles. The molecule has 2 aromatic rings. The van der Waals surface area contributed by atoms with Gasteiger partial charge in [0.15, 0.2) is 0 Å². The lowest BCUT2D eigenvalue weighted by atomic mass is 9.85. The monoisotopic (exact) mass is 510 g/mol. The summed E-state index contributed by atoms with van der Waals surface area (Å²) in [4.78, 5) is 7.24. The molecule has 0 spiro atoms. The number of epoxide rings is 4. The average molecular weight is 511 g/mol. The van der Waals surface area contributed by atoms with E-state index in [0.29, 0.717) is 42.1 Å². The molecule has 5 unspecified atom stereocenters. The summed E-state index contributed by atoms with van der Waals surface area (Å²) in [6.45, 7) is 19.6. The maximum atomic E-state index is 10.1. The minimum atomic E-state index is -0.0763. The van der Waals surface area contributed by atoms with E-state index >= 15 is 0 Å². The fourth-order valence-corrected chi connectivity index (χ4v) is 6.20. The number of nitriles is 2. The Morgan fingerprint density at radius 2 is 1.08 bits per heavy atom. The molecule has 0 amide bonds. The Morgan fingerprint density at radius 1 is 0.718 bits per heavy atom. The summed E-state index contributed by atoms with van der Waals surface area (Å²) < 4.78 is 22.8. The van der Waals surface area contributed by atoms with Crippen molar-refractivity contribution < 1.29 is 18.9 Å². The van der Waals surface area contributed by atoms with E-state index in [-0.39, 0.29) is 41.9 Å². The van der Waals surface area contributed by atoms with Gasteiger partial charge < -0.3 is 18.9 Å². The number of nitrogens with zero attached hydrogens (tertiary/aromatic N) is 4. The minimum Gasteiger partial charge on any atom is -0.368 e. The van der Waals surface area contributed by atoms with Crippen molar-refractivity contribution in [3.8, 4) is 12.1 Å². The average Bonchev–Trinajstić information content (AvgIpc) is 3.78. The van der Waals surface area contributed by atoms with Crippen LogP contribution in [0.2, 0.25) is 0 Å². The van der Waals surface area contributed by atoms with E-state index in [2.05, 4.69) is 27.9 Å². The first-order valence-corrected chi connectivity index (χ1v) is 12.7. The third-order valence-corrected chi connectivity index (χ3v) is 8.24. The van der Waals surface area contributed by atoms with E-state index < -0.39 is 0 Å². The Morgan fingerprint density at radius 3 is 1.41 bits per heavy atom. The Labute approximate surface area is 224 Å². The zero-order valence-electron chi connectivity index (χ0n) is 20.7. The fourth-order valence-electron chi connectivity index (χ4n) is 6.20. The number of ether oxygens (including phenoxy) is 4. The second-order valence-corrected chi connectivity index (χ2v) is 10.4. The van der Waals surface area contributed by atoms with Crippen molar-refractivity contribution in [1.29, 1.82) is 10.5 Å². The predicted molar refractivity (Wildman–Crippen MR) is 137 cm³/mol. The molecule has 4 saturated heterocycles. The van der Waals surface area contributed by atoms with Crippen molar-refractivity contribution in [1.82, 2.24) is 0 Å². The van der Waals surface area contributed by atoms with Crippen LogP contribution in [0.1, 0.15) is 75.8 Å². The summed E-state index contributed by atoms with van der Waals surface area (Å²) in [6.07, 6.45) is -0.163. The number of allylic oxidation sites excluding steroid dienone is 6. The second kappa shape index (κ2) is 7.75. The third-order valence-electron chi connectivity index (χ3n) is 8.24. The van der Waals surface area contributed by atoms with Crippen LogP contribution >= 0.6 is 0 Å². The molecule has 8 nitrogen and oxygen atoms in total. The molecule has 2 aromatic carbocycles. The van der Waals surface area contributed by atoms with Gasteiger partial charge in [0, 0.05) is 11.1 Å². The SMILES string of the molecule is [C-]#[N+]C(C#N)=C1C2=C(/C(=C(/C#N)[N+]#[C-])c3cc(C4CO4)c(C4OC4C)cc32)c2cc(C3CO3)c(C3CO3)cc21. The van der Waals surface area contributed by atoms with Gasteiger partial charge in [0.2, 0.25) is 0 Å². The first-order valence-electron chi connectivity index (χ1n) is 12.7. The van der Waals surface area contributed by atoms with Gasteiger partial charge in [0.1, 0.15) is 24.4 Å². The standard InChI is InChI=1S/C31H18N4O4/c1-13-31(39-13)21-7-20-18(6-16(21)26-12-38-26)28(23(9-33)35-3)29-19-5-15(25-11-37-25)14(24-10-36-24)4-17(19)27(30(20)29)22(8-32)34-2/h4-7,13,24-26,31H,10-12H2,1H3/b27-22?,28-23-. The van der Waals surface area contributed by atoms with E-state index in [1.165, 1.54) is 0 Å². The van der Waals surface area contributed by atoms with Crippen molar-refractivity contribution in [2.75, 3.05) is 19.8 Å². The summed E-state index contributed by atoms with van der Waals surface area (Å²) in [5.74, 6) is 0. The first kappa shape index (κ1) is 22.4. The van der Waals surface area contributed by atoms with Gasteiger partial charge in [-0.25, -0.2) is 20.2 Å². The van der Waals surface area contributed by atoms with Gasteiger partial charge in [0.25, 0.3) is 11.4 Å². The van der Waals surface area contributed by atoms with Crippen LogP contribution in [0.3, 0.4) is 0 Å². The van der Waals surface area contributed by atoms with Crippen molar-refractivity contribution >= 4 is 22.3 Å². The van der Waals surface area contributed by atoms with Crippen molar-refractivity contribution in [3.05, 3.63) is 103 Å². The van der Waals surface area contributed by atoms with Crippen LogP contribution in [0, 0.1) is 35.8 Å². The quantitative estimate of drug-likeness (QED) is 0.301. The van der Waals surface area contributed by atoms with Crippen LogP contribution in [0.15, 0.2) is 35.7 Å². The molecule has 0 saturated carbocycles. The number of rotatable bonds is 4. The predicted octanol–water partition coefficient (Wildman–Crippen LogP) is 5.61. The molecule has 4 aliphatic heterocycles. The van der Waals surface area contributed by atoms with E-state index in [0.717, 1.165) is 44.5 Å². The lowest BCUT2D eigenvalue weighted by Gasteiger charge is -2.18. The van der Waals surface area contributed by atoms with Crippen LogP contribution in [-0.4, -0.2) is 25.9 Å². The zero-order chi connectivity index (χ0) is 26.6. The van der Waals surface area contributed by atoms with E-state index in [9.17, 15) is 10.5 Å². The topological polar surface area (TPSA) is 106 Å². The minimum absolute atomic E-state index is 0.0277. The van der Waals surface area contributed by atoms with Crippen molar-refractivity contribution in [3.63, 3.8) is 0 Å². The smallest absolute Gasteiger partial charge is 0.270 e. The molecule has 0 bridgehead atoms. The number of hydrogen-bond donors (Lipinski definition) is 0. The fraction of sp³-hybridized carbons (Fsp3) is 0.290. The van der Waals surface area contributed by atoms with E-state index in [4.69, 9.17) is 32.1 Å². The highest BCUT2D eigenvalue weighted by Crippen LogP contribution is 2.62. The zero-order valence-corrected chi connectivity index (χ0v) is 20.7. The summed E-state index contributed by atoms with van der Waals surface area (Å²) in [5, 5.41) is 20.1. The van der Waals surface area contributed by atoms with Crippen LogP contribution in [0.4, 0.5) is 0 Å². The molecule has 8 rings (SSSR count). The number of hydrogen-bond acceptors (Lipinski definition) is 6. The maximum absolute atomic E-state index is 10.1. The molecule has 0 N–H and O–H groups in total. The van der Waals surface area contributed by atoms with Crippen LogP contribution in [0.25, 0.3) is 32.0 Å². The summed E-state index contributed by atoms with van der Waals surface area (Å²) in [6, 6.07) is 12.4. The molecule has 0 radical (unpaired) electrons. The van der Waals surface area contributed by atoms with Gasteiger partial charge in [-0.05, 0) is 86.8 Å². The maximum Gasteiger partial charge on any atom is 0.270 e. The highest BCUT2D eigenvalue weighted by molar-refractivity contribution is 6.37. The molecule has 186 valence electrons. The number of fused-ring (bicyclic) bond motifs is 4. The Kier molecular flexibility index (Phi) is 4.46. The van der Waals surface area contributed by atoms with Crippen LogP contribution in [0.5, 0.6) is 0 Å². The van der Waals surface area contributed by atoms with Crippen LogP contribution in [-0.2, 0) is 18.9 Å². The van der Waals surface area contributed by atoms with Crippen molar-refractivity contribution in [2.45, 2.75) is 37.4 Å². The number of benzene rings is 2. The van der Waals surface area contributed by atoms with Gasteiger partial charge in [0.05, 0.1) is 51.2 Å². The normalized spacial score (nSPS) is 30.6.